The number of rotatable bonds is 2. The zero-order valence-electron chi connectivity index (χ0n) is 11.2. The Kier molecular flexibility index (Phi) is 3.99. The summed E-state index contributed by atoms with van der Waals surface area (Å²) in [5, 5.41) is 0.457. The molecule has 0 bridgehead atoms. The normalized spacial score (nSPS) is 10.6. The van der Waals surface area contributed by atoms with E-state index in [0.29, 0.717) is 11.0 Å². The van der Waals surface area contributed by atoms with Crippen molar-refractivity contribution in [1.29, 1.82) is 0 Å². The van der Waals surface area contributed by atoms with E-state index in [0.717, 1.165) is 26.9 Å². The Bertz CT molecular complexity index is 791. The number of pyridine rings is 1. The largest absolute Gasteiger partial charge is 0.263 e. The predicted molar refractivity (Wildman–Crippen MR) is 88.1 cm³/mol. The average molecular weight is 361 g/mol. The Morgan fingerprint density at radius 1 is 1.00 bits per heavy atom. The Morgan fingerprint density at radius 2 is 1.76 bits per heavy atom. The van der Waals surface area contributed by atoms with Crippen LogP contribution in [0.5, 0.6) is 0 Å². The summed E-state index contributed by atoms with van der Waals surface area (Å²) in [5.41, 5.74) is 3.55. The van der Waals surface area contributed by atoms with Crippen LogP contribution in [-0.2, 0) is 0 Å². The number of nitrogens with zero attached hydrogens (tertiary/aromatic N) is 3. The van der Waals surface area contributed by atoms with E-state index in [2.05, 4.69) is 30.9 Å². The van der Waals surface area contributed by atoms with Gasteiger partial charge in [0.1, 0.15) is 5.15 Å². The second kappa shape index (κ2) is 5.92. The highest BCUT2D eigenvalue weighted by Gasteiger charge is 2.12. The molecule has 0 amide bonds. The molecule has 0 saturated carbocycles. The summed E-state index contributed by atoms with van der Waals surface area (Å²) >= 11 is 9.68. The lowest BCUT2D eigenvalue weighted by Crippen LogP contribution is -1.97. The van der Waals surface area contributed by atoms with Crippen molar-refractivity contribution in [2.75, 3.05) is 0 Å². The minimum absolute atomic E-state index is 0.457. The SMILES string of the molecule is Cc1c(Cl)nc(-c2cncc(Br)c2)nc1-c1ccccc1. The van der Waals surface area contributed by atoms with E-state index in [1.54, 1.807) is 12.4 Å². The maximum Gasteiger partial charge on any atom is 0.163 e. The van der Waals surface area contributed by atoms with Crippen LogP contribution in [0, 0.1) is 6.92 Å². The average Bonchev–Trinajstić information content (AvgIpc) is 2.51. The smallest absolute Gasteiger partial charge is 0.163 e. The third-order valence-electron chi connectivity index (χ3n) is 3.10. The van der Waals surface area contributed by atoms with Gasteiger partial charge in [0.15, 0.2) is 5.82 Å². The molecule has 1 aromatic carbocycles. The van der Waals surface area contributed by atoms with Gasteiger partial charge in [-0.05, 0) is 28.9 Å². The van der Waals surface area contributed by atoms with E-state index >= 15 is 0 Å². The predicted octanol–water partition coefficient (Wildman–Crippen LogP) is 4.93. The van der Waals surface area contributed by atoms with Crippen molar-refractivity contribution in [3.8, 4) is 22.6 Å². The zero-order valence-corrected chi connectivity index (χ0v) is 13.6. The molecular weight excluding hydrogens is 350 g/mol. The van der Waals surface area contributed by atoms with Crippen molar-refractivity contribution in [2.45, 2.75) is 6.92 Å². The fourth-order valence-corrected chi connectivity index (χ4v) is 2.56. The molecule has 0 saturated heterocycles. The van der Waals surface area contributed by atoms with E-state index in [1.165, 1.54) is 0 Å². The summed E-state index contributed by atoms with van der Waals surface area (Å²) in [6.45, 7) is 1.92. The van der Waals surface area contributed by atoms with Crippen LogP contribution < -0.4 is 0 Å². The number of aromatic nitrogens is 3. The van der Waals surface area contributed by atoms with E-state index in [4.69, 9.17) is 11.6 Å². The van der Waals surface area contributed by atoms with Crippen LogP contribution >= 0.6 is 27.5 Å². The highest BCUT2D eigenvalue weighted by Crippen LogP contribution is 2.29. The summed E-state index contributed by atoms with van der Waals surface area (Å²) < 4.78 is 0.876. The first-order valence-electron chi connectivity index (χ1n) is 6.35. The lowest BCUT2D eigenvalue weighted by Gasteiger charge is -2.09. The monoisotopic (exact) mass is 359 g/mol. The summed E-state index contributed by atoms with van der Waals surface area (Å²) in [4.78, 5) is 13.2. The molecule has 0 aliphatic carbocycles. The lowest BCUT2D eigenvalue weighted by molar-refractivity contribution is 1.13. The topological polar surface area (TPSA) is 38.7 Å². The van der Waals surface area contributed by atoms with Gasteiger partial charge in [0.05, 0.1) is 5.69 Å². The number of benzene rings is 1. The molecule has 0 radical (unpaired) electrons. The molecule has 0 N–H and O–H groups in total. The highest BCUT2D eigenvalue weighted by atomic mass is 79.9. The van der Waals surface area contributed by atoms with E-state index in [-0.39, 0.29) is 0 Å². The molecule has 21 heavy (non-hydrogen) atoms. The number of halogens is 2. The fraction of sp³-hybridized carbons (Fsp3) is 0.0625. The Hall–Kier alpha value is -1.78. The molecule has 2 aromatic heterocycles. The number of hydrogen-bond donors (Lipinski definition) is 0. The molecule has 0 aliphatic heterocycles. The van der Waals surface area contributed by atoms with Crippen LogP contribution in [0.15, 0.2) is 53.3 Å². The molecule has 3 rings (SSSR count). The van der Waals surface area contributed by atoms with Crippen LogP contribution in [0.3, 0.4) is 0 Å². The molecule has 104 valence electrons. The molecule has 0 fully saturated rings. The summed E-state index contributed by atoms with van der Waals surface area (Å²) in [5.74, 6) is 0.568. The van der Waals surface area contributed by atoms with Crippen molar-refractivity contribution in [1.82, 2.24) is 15.0 Å². The van der Waals surface area contributed by atoms with Gasteiger partial charge in [0.2, 0.25) is 0 Å². The van der Waals surface area contributed by atoms with Gasteiger partial charge in [-0.15, -0.1) is 0 Å². The first-order valence-corrected chi connectivity index (χ1v) is 7.53. The van der Waals surface area contributed by atoms with E-state index in [1.807, 2.05) is 43.3 Å². The fourth-order valence-electron chi connectivity index (χ4n) is 2.03. The maximum absolute atomic E-state index is 6.28. The molecule has 3 nitrogen and oxygen atoms in total. The zero-order chi connectivity index (χ0) is 14.8. The summed E-state index contributed by atoms with van der Waals surface area (Å²) in [6, 6.07) is 11.9. The second-order valence-corrected chi connectivity index (χ2v) is 5.84. The van der Waals surface area contributed by atoms with Gasteiger partial charge < -0.3 is 0 Å². The standard InChI is InChI=1S/C16H11BrClN3/c1-10-14(11-5-3-2-4-6-11)20-16(21-15(10)18)12-7-13(17)9-19-8-12/h2-9H,1H3. The first-order chi connectivity index (χ1) is 10.1. The Labute approximate surface area is 136 Å². The van der Waals surface area contributed by atoms with E-state index < -0.39 is 0 Å². The minimum Gasteiger partial charge on any atom is -0.263 e. The third-order valence-corrected chi connectivity index (χ3v) is 3.90. The molecule has 0 atom stereocenters. The lowest BCUT2D eigenvalue weighted by atomic mass is 10.1. The van der Waals surface area contributed by atoms with Crippen LogP contribution in [0.25, 0.3) is 22.6 Å². The molecule has 0 unspecified atom stereocenters. The summed E-state index contributed by atoms with van der Waals surface area (Å²) in [6.07, 6.45) is 3.44. The third kappa shape index (κ3) is 2.96. The van der Waals surface area contributed by atoms with Gasteiger partial charge in [-0.3, -0.25) is 4.98 Å². The van der Waals surface area contributed by atoms with Crippen LogP contribution in [0.1, 0.15) is 5.56 Å². The van der Waals surface area contributed by atoms with Gasteiger partial charge in [0.25, 0.3) is 0 Å². The van der Waals surface area contributed by atoms with Gasteiger partial charge in [0, 0.05) is 33.6 Å². The summed E-state index contributed by atoms with van der Waals surface area (Å²) in [7, 11) is 0. The maximum atomic E-state index is 6.28. The Morgan fingerprint density at radius 3 is 2.48 bits per heavy atom. The highest BCUT2D eigenvalue weighted by molar-refractivity contribution is 9.10. The molecule has 0 spiro atoms. The van der Waals surface area contributed by atoms with Gasteiger partial charge in [-0.25, -0.2) is 9.97 Å². The molecule has 3 aromatic rings. The van der Waals surface area contributed by atoms with Crippen molar-refractivity contribution in [3.63, 3.8) is 0 Å². The van der Waals surface area contributed by atoms with Gasteiger partial charge in [-0.2, -0.15) is 0 Å². The second-order valence-electron chi connectivity index (χ2n) is 4.57. The minimum atomic E-state index is 0.457. The quantitative estimate of drug-likeness (QED) is 0.608. The Balaban J connectivity index is 2.19. The van der Waals surface area contributed by atoms with Gasteiger partial charge >= 0.3 is 0 Å². The first kappa shape index (κ1) is 14.2. The van der Waals surface area contributed by atoms with Crippen molar-refractivity contribution >= 4 is 27.5 Å². The molecule has 0 aliphatic rings. The number of hydrogen-bond acceptors (Lipinski definition) is 3. The van der Waals surface area contributed by atoms with Crippen LogP contribution in [0.2, 0.25) is 5.15 Å². The van der Waals surface area contributed by atoms with Crippen LogP contribution in [0.4, 0.5) is 0 Å². The van der Waals surface area contributed by atoms with Gasteiger partial charge in [-0.1, -0.05) is 41.9 Å². The van der Waals surface area contributed by atoms with Crippen molar-refractivity contribution < 1.29 is 0 Å². The van der Waals surface area contributed by atoms with Crippen molar-refractivity contribution in [3.05, 3.63) is 64.0 Å². The van der Waals surface area contributed by atoms with Crippen molar-refractivity contribution in [2.24, 2.45) is 0 Å². The van der Waals surface area contributed by atoms with E-state index in [9.17, 15) is 0 Å². The molecule has 5 heteroatoms. The van der Waals surface area contributed by atoms with Crippen LogP contribution in [-0.4, -0.2) is 15.0 Å². The molecular formula is C16H11BrClN3. The molecule has 2 heterocycles.